The maximum Gasteiger partial charge on any atom is 0.253 e. The third-order valence-corrected chi connectivity index (χ3v) is 5.06. The van der Waals surface area contributed by atoms with Gasteiger partial charge in [0.05, 0.1) is 5.69 Å². The Morgan fingerprint density at radius 1 is 1.24 bits per heavy atom. The van der Waals surface area contributed by atoms with E-state index in [4.69, 9.17) is 0 Å². The third-order valence-electron chi connectivity index (χ3n) is 5.06. The second-order valence-corrected chi connectivity index (χ2v) is 7.05. The Bertz CT molecular complexity index is 1140. The van der Waals surface area contributed by atoms with Crippen molar-refractivity contribution in [3.63, 3.8) is 0 Å². The van der Waals surface area contributed by atoms with Crippen molar-refractivity contribution in [1.82, 2.24) is 25.4 Å². The fourth-order valence-electron chi connectivity index (χ4n) is 3.55. The molecule has 2 amide bonds. The molecule has 0 aliphatic heterocycles. The Labute approximate surface area is 168 Å². The second-order valence-electron chi connectivity index (χ2n) is 7.05. The molecule has 8 heteroatoms. The van der Waals surface area contributed by atoms with E-state index in [2.05, 4.69) is 20.7 Å². The number of nitrogens with zero attached hydrogens (tertiary/aromatic N) is 2. The lowest BCUT2D eigenvalue weighted by molar-refractivity contribution is -0.121. The van der Waals surface area contributed by atoms with Gasteiger partial charge in [-0.2, -0.15) is 5.10 Å². The number of hydrogen-bond acceptors (Lipinski definition) is 4. The SMILES string of the molecule is CNC(=O)c1cccc(CNC(=O)CCc2c(C)c3c(C)nn(C)c3[nH]c2=O)c1. The summed E-state index contributed by atoms with van der Waals surface area (Å²) in [4.78, 5) is 39.3. The Balaban J connectivity index is 1.66. The first-order valence-corrected chi connectivity index (χ1v) is 9.44. The predicted octanol–water partition coefficient (Wildman–Crippen LogP) is 1.49. The number of fused-ring (bicyclic) bond motifs is 1. The molecule has 8 nitrogen and oxygen atoms in total. The van der Waals surface area contributed by atoms with Crippen LogP contribution in [0.2, 0.25) is 0 Å². The number of H-pyrrole nitrogens is 1. The van der Waals surface area contributed by atoms with Crippen molar-refractivity contribution in [3.8, 4) is 0 Å². The summed E-state index contributed by atoms with van der Waals surface area (Å²) in [6.45, 7) is 4.11. The van der Waals surface area contributed by atoms with Gasteiger partial charge in [0.25, 0.3) is 11.5 Å². The number of aromatic nitrogens is 3. The van der Waals surface area contributed by atoms with Gasteiger partial charge in [-0.25, -0.2) is 0 Å². The van der Waals surface area contributed by atoms with Crippen LogP contribution in [0, 0.1) is 13.8 Å². The van der Waals surface area contributed by atoms with Crippen molar-refractivity contribution in [2.45, 2.75) is 33.2 Å². The fraction of sp³-hybridized carbons (Fsp3) is 0.333. The highest BCUT2D eigenvalue weighted by atomic mass is 16.2. The van der Waals surface area contributed by atoms with Crippen LogP contribution < -0.4 is 16.2 Å². The molecule has 0 spiro atoms. The maximum atomic E-state index is 12.5. The molecule has 0 saturated carbocycles. The molecule has 3 aromatic rings. The smallest absolute Gasteiger partial charge is 0.253 e. The van der Waals surface area contributed by atoms with E-state index in [1.807, 2.05) is 19.9 Å². The number of aryl methyl sites for hydroxylation is 3. The zero-order chi connectivity index (χ0) is 21.1. The van der Waals surface area contributed by atoms with E-state index >= 15 is 0 Å². The Morgan fingerprint density at radius 2 is 2.00 bits per heavy atom. The number of benzene rings is 1. The van der Waals surface area contributed by atoms with Crippen LogP contribution in [-0.2, 0) is 24.8 Å². The van der Waals surface area contributed by atoms with Crippen LogP contribution in [0.15, 0.2) is 29.1 Å². The van der Waals surface area contributed by atoms with Gasteiger partial charge in [0.1, 0.15) is 5.65 Å². The molecule has 0 aliphatic rings. The Kier molecular flexibility index (Phi) is 5.81. The lowest BCUT2D eigenvalue weighted by atomic mass is 10.0. The maximum absolute atomic E-state index is 12.5. The van der Waals surface area contributed by atoms with E-state index in [9.17, 15) is 14.4 Å². The quantitative estimate of drug-likeness (QED) is 0.587. The van der Waals surface area contributed by atoms with Crippen LogP contribution in [0.4, 0.5) is 0 Å². The average Bonchev–Trinajstić information content (AvgIpc) is 2.99. The summed E-state index contributed by atoms with van der Waals surface area (Å²) in [6.07, 6.45) is 0.541. The van der Waals surface area contributed by atoms with E-state index in [0.29, 0.717) is 29.7 Å². The number of hydrogen-bond donors (Lipinski definition) is 3. The van der Waals surface area contributed by atoms with Crippen molar-refractivity contribution in [3.05, 3.63) is 62.6 Å². The molecule has 3 N–H and O–H groups in total. The van der Waals surface area contributed by atoms with E-state index in [0.717, 1.165) is 22.2 Å². The van der Waals surface area contributed by atoms with E-state index in [-0.39, 0.29) is 23.8 Å². The van der Waals surface area contributed by atoms with Crippen molar-refractivity contribution >= 4 is 22.8 Å². The highest BCUT2D eigenvalue weighted by molar-refractivity contribution is 5.94. The first-order chi connectivity index (χ1) is 13.8. The zero-order valence-electron chi connectivity index (χ0n) is 17.0. The zero-order valence-corrected chi connectivity index (χ0v) is 17.0. The minimum atomic E-state index is -0.191. The number of carbonyl (C=O) groups is 2. The molecule has 1 aromatic carbocycles. The second kappa shape index (κ2) is 8.30. The Hall–Kier alpha value is -3.42. The van der Waals surface area contributed by atoms with Gasteiger partial charge in [-0.3, -0.25) is 19.1 Å². The number of rotatable bonds is 6. The lowest BCUT2D eigenvalue weighted by Crippen LogP contribution is -2.25. The number of carbonyl (C=O) groups excluding carboxylic acids is 2. The van der Waals surface area contributed by atoms with Gasteiger partial charge >= 0.3 is 0 Å². The van der Waals surface area contributed by atoms with Crippen molar-refractivity contribution in [1.29, 1.82) is 0 Å². The fourth-order valence-corrected chi connectivity index (χ4v) is 3.55. The standard InChI is InChI=1S/C21H25N5O3/c1-12-16(21(29)24-19-18(12)13(2)25-26(19)4)8-9-17(27)23-11-14-6-5-7-15(10-14)20(28)22-3/h5-7,10H,8-9,11H2,1-4H3,(H,22,28)(H,23,27)(H,24,29). The van der Waals surface area contributed by atoms with Crippen molar-refractivity contribution < 1.29 is 9.59 Å². The minimum absolute atomic E-state index is 0.155. The largest absolute Gasteiger partial charge is 0.355 e. The van der Waals surface area contributed by atoms with E-state index in [1.54, 1.807) is 37.0 Å². The summed E-state index contributed by atoms with van der Waals surface area (Å²) < 4.78 is 1.66. The van der Waals surface area contributed by atoms with Gasteiger partial charge in [-0.1, -0.05) is 12.1 Å². The van der Waals surface area contributed by atoms with E-state index in [1.165, 1.54) is 0 Å². The molecule has 0 bridgehead atoms. The third kappa shape index (κ3) is 4.21. The van der Waals surface area contributed by atoms with Crippen LogP contribution >= 0.6 is 0 Å². The van der Waals surface area contributed by atoms with Crippen LogP contribution in [0.25, 0.3) is 11.0 Å². The summed E-state index contributed by atoms with van der Waals surface area (Å²) in [6, 6.07) is 7.09. The Morgan fingerprint density at radius 3 is 2.72 bits per heavy atom. The van der Waals surface area contributed by atoms with Gasteiger partial charge in [-0.15, -0.1) is 0 Å². The van der Waals surface area contributed by atoms with E-state index < -0.39 is 0 Å². The molecule has 0 radical (unpaired) electrons. The van der Waals surface area contributed by atoms with Gasteiger partial charge < -0.3 is 15.6 Å². The molecule has 0 fully saturated rings. The molecule has 152 valence electrons. The van der Waals surface area contributed by atoms with Gasteiger partial charge in [0.15, 0.2) is 0 Å². The average molecular weight is 395 g/mol. The molecule has 0 unspecified atom stereocenters. The van der Waals surface area contributed by atoms with Gasteiger partial charge in [0, 0.05) is 43.6 Å². The van der Waals surface area contributed by atoms with Crippen LogP contribution in [-0.4, -0.2) is 33.6 Å². The first kappa shape index (κ1) is 20.3. The van der Waals surface area contributed by atoms with Crippen molar-refractivity contribution in [2.24, 2.45) is 7.05 Å². The van der Waals surface area contributed by atoms with Crippen molar-refractivity contribution in [2.75, 3.05) is 7.05 Å². The molecule has 0 atom stereocenters. The molecule has 3 rings (SSSR count). The predicted molar refractivity (Wildman–Crippen MR) is 111 cm³/mol. The summed E-state index contributed by atoms with van der Waals surface area (Å²) in [7, 11) is 3.36. The van der Waals surface area contributed by atoms with Crippen LogP contribution in [0.3, 0.4) is 0 Å². The lowest BCUT2D eigenvalue weighted by Gasteiger charge is -2.09. The first-order valence-electron chi connectivity index (χ1n) is 9.44. The highest BCUT2D eigenvalue weighted by Crippen LogP contribution is 2.21. The number of amides is 2. The molecular formula is C21H25N5O3. The molecule has 29 heavy (non-hydrogen) atoms. The molecule has 2 aromatic heterocycles. The van der Waals surface area contributed by atoms with Gasteiger partial charge in [-0.05, 0) is 43.5 Å². The minimum Gasteiger partial charge on any atom is -0.355 e. The van der Waals surface area contributed by atoms with Crippen LogP contribution in [0.1, 0.15) is 39.2 Å². The highest BCUT2D eigenvalue weighted by Gasteiger charge is 2.16. The summed E-state index contributed by atoms with van der Waals surface area (Å²) in [5, 5.41) is 10.7. The molecule has 0 aliphatic carbocycles. The number of nitrogens with one attached hydrogen (secondary N) is 3. The summed E-state index contributed by atoms with van der Waals surface area (Å²) in [5.74, 6) is -0.328. The summed E-state index contributed by atoms with van der Waals surface area (Å²) >= 11 is 0. The van der Waals surface area contributed by atoms with Crippen LogP contribution in [0.5, 0.6) is 0 Å². The number of aromatic amines is 1. The topological polar surface area (TPSA) is 109 Å². The van der Waals surface area contributed by atoms with Gasteiger partial charge in [0.2, 0.25) is 5.91 Å². The normalized spacial score (nSPS) is 10.9. The number of pyridine rings is 1. The monoisotopic (exact) mass is 395 g/mol. The molecular weight excluding hydrogens is 370 g/mol. The summed E-state index contributed by atoms with van der Waals surface area (Å²) in [5.41, 5.74) is 4.18. The molecule has 2 heterocycles. The molecule has 0 saturated heterocycles.